The Balaban J connectivity index is 1.26. The number of ether oxygens (including phenoxy) is 1. The molecule has 4 rings (SSSR count). The molecule has 0 spiro atoms. The number of hydrogen-bond acceptors (Lipinski definition) is 4. The normalized spacial score (nSPS) is 14.5. The van der Waals surface area contributed by atoms with Gasteiger partial charge in [0.15, 0.2) is 6.61 Å². The van der Waals surface area contributed by atoms with Gasteiger partial charge >= 0.3 is 0 Å². The van der Waals surface area contributed by atoms with Crippen molar-refractivity contribution in [3.05, 3.63) is 88.4 Å². The number of halogens is 2. The van der Waals surface area contributed by atoms with E-state index in [2.05, 4.69) is 29.0 Å². The zero-order valence-electron chi connectivity index (χ0n) is 19.0. The second-order valence-electron chi connectivity index (χ2n) is 8.51. The molecule has 0 saturated carbocycles. The standard InChI is InChI=1S/C26H26Cl2N2O4S/c27-24-11-6-21(17-25(24)28)29-35(32,33)23-9-7-22(8-10-23)34-18-26(31)30-14-12-20(13-15-30)16-19-4-2-1-3-5-19/h1-11,17,20,29H,12-16,18H2. The molecule has 0 aliphatic carbocycles. The predicted molar refractivity (Wildman–Crippen MR) is 139 cm³/mol. The van der Waals surface area contributed by atoms with Gasteiger partial charge in [-0.1, -0.05) is 53.5 Å². The maximum atomic E-state index is 12.6. The Labute approximate surface area is 215 Å². The lowest BCUT2D eigenvalue weighted by atomic mass is 9.90. The number of nitrogens with zero attached hydrogens (tertiary/aromatic N) is 1. The SMILES string of the molecule is O=C(COc1ccc(S(=O)(=O)Nc2ccc(Cl)c(Cl)c2)cc1)N1CCC(Cc2ccccc2)CC1. The molecule has 184 valence electrons. The van der Waals surface area contributed by atoms with Gasteiger partial charge < -0.3 is 9.64 Å². The van der Waals surface area contributed by atoms with E-state index in [1.165, 1.54) is 48.0 Å². The number of nitrogens with one attached hydrogen (secondary N) is 1. The minimum absolute atomic E-state index is 0.0581. The molecular formula is C26H26Cl2N2O4S. The molecule has 1 heterocycles. The van der Waals surface area contributed by atoms with E-state index in [-0.39, 0.29) is 22.4 Å². The number of benzene rings is 3. The van der Waals surface area contributed by atoms with Gasteiger partial charge in [0.1, 0.15) is 5.75 Å². The van der Waals surface area contributed by atoms with E-state index >= 15 is 0 Å². The first-order valence-electron chi connectivity index (χ1n) is 11.3. The molecule has 1 aliphatic rings. The van der Waals surface area contributed by atoms with Gasteiger partial charge in [-0.15, -0.1) is 0 Å². The monoisotopic (exact) mass is 532 g/mol. The average Bonchev–Trinajstić information content (AvgIpc) is 2.86. The molecule has 3 aromatic rings. The van der Waals surface area contributed by atoms with Gasteiger partial charge in [0.25, 0.3) is 15.9 Å². The van der Waals surface area contributed by atoms with E-state index in [1.807, 2.05) is 11.0 Å². The summed E-state index contributed by atoms with van der Waals surface area (Å²) in [5.41, 5.74) is 1.64. The molecule has 35 heavy (non-hydrogen) atoms. The molecule has 1 aliphatic heterocycles. The van der Waals surface area contributed by atoms with Crippen LogP contribution in [0.1, 0.15) is 18.4 Å². The van der Waals surface area contributed by atoms with Crippen LogP contribution < -0.4 is 9.46 Å². The Hall–Kier alpha value is -2.74. The zero-order valence-corrected chi connectivity index (χ0v) is 21.3. The van der Waals surface area contributed by atoms with E-state index in [4.69, 9.17) is 27.9 Å². The number of carbonyl (C=O) groups excluding carboxylic acids is 1. The molecule has 6 nitrogen and oxygen atoms in total. The Bertz CT molecular complexity index is 1260. The first-order chi connectivity index (χ1) is 16.8. The molecule has 0 unspecified atom stereocenters. The van der Waals surface area contributed by atoms with Crippen LogP contribution >= 0.6 is 23.2 Å². The highest BCUT2D eigenvalue weighted by Gasteiger charge is 2.23. The van der Waals surface area contributed by atoms with E-state index in [0.29, 0.717) is 22.4 Å². The quantitative estimate of drug-likeness (QED) is 0.406. The summed E-state index contributed by atoms with van der Waals surface area (Å²) < 4.78 is 33.4. The molecule has 3 aromatic carbocycles. The van der Waals surface area contributed by atoms with Crippen molar-refractivity contribution in [2.45, 2.75) is 24.2 Å². The van der Waals surface area contributed by atoms with E-state index in [0.717, 1.165) is 32.4 Å². The summed E-state index contributed by atoms with van der Waals surface area (Å²) in [5.74, 6) is 0.932. The minimum Gasteiger partial charge on any atom is -0.484 e. The Morgan fingerprint density at radius 2 is 1.63 bits per heavy atom. The van der Waals surface area contributed by atoms with Gasteiger partial charge in [-0.25, -0.2) is 8.42 Å². The molecular weight excluding hydrogens is 507 g/mol. The van der Waals surface area contributed by atoms with Gasteiger partial charge in [0.05, 0.1) is 20.6 Å². The number of piperidine rings is 1. The van der Waals surface area contributed by atoms with Crippen molar-refractivity contribution in [2.75, 3.05) is 24.4 Å². The van der Waals surface area contributed by atoms with Crippen molar-refractivity contribution < 1.29 is 17.9 Å². The largest absolute Gasteiger partial charge is 0.484 e. The lowest BCUT2D eigenvalue weighted by Crippen LogP contribution is -2.41. The first-order valence-corrected chi connectivity index (χ1v) is 13.6. The van der Waals surface area contributed by atoms with Crippen LogP contribution in [0.3, 0.4) is 0 Å². The minimum atomic E-state index is -3.82. The third-order valence-corrected chi connectivity index (χ3v) is 8.14. The zero-order chi connectivity index (χ0) is 24.8. The van der Waals surface area contributed by atoms with Crippen molar-refractivity contribution in [3.63, 3.8) is 0 Å². The summed E-state index contributed by atoms with van der Waals surface area (Å²) in [5, 5.41) is 0.586. The maximum Gasteiger partial charge on any atom is 0.261 e. The van der Waals surface area contributed by atoms with E-state index in [9.17, 15) is 13.2 Å². The molecule has 9 heteroatoms. The highest BCUT2D eigenvalue weighted by molar-refractivity contribution is 7.92. The summed E-state index contributed by atoms with van der Waals surface area (Å²) in [6.07, 6.45) is 2.98. The molecule has 0 radical (unpaired) electrons. The van der Waals surface area contributed by atoms with Crippen LogP contribution in [0, 0.1) is 5.92 Å². The van der Waals surface area contributed by atoms with Crippen molar-refractivity contribution in [1.82, 2.24) is 4.90 Å². The number of hydrogen-bond donors (Lipinski definition) is 1. The fraction of sp³-hybridized carbons (Fsp3) is 0.269. The highest BCUT2D eigenvalue weighted by Crippen LogP contribution is 2.27. The third-order valence-electron chi connectivity index (χ3n) is 6.00. The predicted octanol–water partition coefficient (Wildman–Crippen LogP) is 5.65. The lowest BCUT2D eigenvalue weighted by Gasteiger charge is -2.32. The first kappa shape index (κ1) is 25.4. The molecule has 0 bridgehead atoms. The fourth-order valence-corrected chi connectivity index (χ4v) is 5.41. The number of rotatable bonds is 8. The smallest absolute Gasteiger partial charge is 0.261 e. The molecule has 1 saturated heterocycles. The van der Waals surface area contributed by atoms with Gasteiger partial charge in [-0.05, 0) is 73.2 Å². The van der Waals surface area contributed by atoms with Crippen LogP contribution in [0.25, 0.3) is 0 Å². The molecule has 1 amide bonds. The number of likely N-dealkylation sites (tertiary alicyclic amines) is 1. The molecule has 1 fully saturated rings. The Kier molecular flexibility index (Phi) is 8.21. The number of carbonyl (C=O) groups is 1. The molecule has 0 aromatic heterocycles. The second kappa shape index (κ2) is 11.3. The van der Waals surface area contributed by atoms with Crippen molar-refractivity contribution in [3.8, 4) is 5.75 Å². The van der Waals surface area contributed by atoms with Crippen LogP contribution in [0.4, 0.5) is 5.69 Å². The van der Waals surface area contributed by atoms with Crippen LogP contribution in [0.5, 0.6) is 5.75 Å². The fourth-order valence-electron chi connectivity index (χ4n) is 4.06. The van der Waals surface area contributed by atoms with E-state index in [1.54, 1.807) is 0 Å². The topological polar surface area (TPSA) is 75.7 Å². The second-order valence-corrected chi connectivity index (χ2v) is 11.0. The molecule has 1 N–H and O–H groups in total. The van der Waals surface area contributed by atoms with Crippen molar-refractivity contribution in [2.24, 2.45) is 5.92 Å². The number of amides is 1. The summed E-state index contributed by atoms with van der Waals surface area (Å²) in [4.78, 5) is 14.5. The maximum absolute atomic E-state index is 12.6. The Morgan fingerprint density at radius 1 is 0.943 bits per heavy atom. The summed E-state index contributed by atoms with van der Waals surface area (Å²) in [6, 6.07) is 20.8. The van der Waals surface area contributed by atoms with Crippen LogP contribution in [0.2, 0.25) is 10.0 Å². The highest BCUT2D eigenvalue weighted by atomic mass is 35.5. The van der Waals surface area contributed by atoms with E-state index < -0.39 is 10.0 Å². The van der Waals surface area contributed by atoms with Crippen molar-refractivity contribution in [1.29, 1.82) is 0 Å². The van der Waals surface area contributed by atoms with Crippen LogP contribution in [-0.2, 0) is 21.2 Å². The van der Waals surface area contributed by atoms with Crippen LogP contribution in [0.15, 0.2) is 77.7 Å². The Morgan fingerprint density at radius 3 is 2.29 bits per heavy atom. The third kappa shape index (κ3) is 6.90. The summed E-state index contributed by atoms with van der Waals surface area (Å²) in [7, 11) is -3.82. The lowest BCUT2D eigenvalue weighted by molar-refractivity contribution is -0.134. The average molecular weight is 533 g/mol. The number of sulfonamides is 1. The summed E-state index contributed by atoms with van der Waals surface area (Å²) >= 11 is 11.8. The van der Waals surface area contributed by atoms with Gasteiger partial charge in [0.2, 0.25) is 0 Å². The molecule has 0 atom stereocenters. The van der Waals surface area contributed by atoms with Gasteiger partial charge in [-0.2, -0.15) is 0 Å². The van der Waals surface area contributed by atoms with Gasteiger partial charge in [0, 0.05) is 13.1 Å². The summed E-state index contributed by atoms with van der Waals surface area (Å²) in [6.45, 7) is 1.35. The number of anilines is 1. The van der Waals surface area contributed by atoms with Crippen LogP contribution in [-0.4, -0.2) is 38.9 Å². The van der Waals surface area contributed by atoms with Crippen molar-refractivity contribution >= 4 is 44.8 Å². The van der Waals surface area contributed by atoms with Gasteiger partial charge in [-0.3, -0.25) is 9.52 Å².